The van der Waals surface area contributed by atoms with Crippen LogP contribution in [-0.2, 0) is 12.8 Å². The maximum Gasteiger partial charge on any atom is 0.146 e. The lowest BCUT2D eigenvalue weighted by Crippen LogP contribution is -2.43. The molecule has 0 fully saturated rings. The second-order valence-electron chi connectivity index (χ2n) is 8.09. The molecule has 0 atom stereocenters. The van der Waals surface area contributed by atoms with Gasteiger partial charge in [0.05, 0.1) is 0 Å². The molecule has 0 radical (unpaired) electrons. The van der Waals surface area contributed by atoms with Gasteiger partial charge < -0.3 is 0 Å². The topological polar surface area (TPSA) is 0 Å². The van der Waals surface area contributed by atoms with Crippen LogP contribution in [0.25, 0.3) is 0 Å². The van der Waals surface area contributed by atoms with Gasteiger partial charge in [0.2, 0.25) is 0 Å². The number of hydrogen-bond donors (Lipinski definition) is 0. The molecule has 1 aromatic rings. The van der Waals surface area contributed by atoms with Crippen LogP contribution in [0.1, 0.15) is 84.9 Å². The smallest absolute Gasteiger partial charge is 0.125 e. The molecule has 0 saturated carbocycles. The van der Waals surface area contributed by atoms with E-state index in [4.69, 9.17) is 0 Å². The minimum Gasteiger partial charge on any atom is -0.125 e. The Morgan fingerprint density at radius 1 is 0.833 bits per heavy atom. The molecule has 0 aliphatic rings. The highest BCUT2D eigenvalue weighted by Gasteiger charge is 2.41. The van der Waals surface area contributed by atoms with Crippen molar-refractivity contribution in [3.63, 3.8) is 0 Å². The van der Waals surface area contributed by atoms with Crippen molar-refractivity contribution in [2.45, 2.75) is 97.7 Å². The Labute approximate surface area is 152 Å². The highest BCUT2D eigenvalue weighted by atomic mass is 28.3. The average Bonchev–Trinajstić information content (AvgIpc) is 2.49. The third kappa shape index (κ3) is 4.54. The molecule has 24 heavy (non-hydrogen) atoms. The first-order chi connectivity index (χ1) is 11.3. The van der Waals surface area contributed by atoms with Crippen LogP contribution in [0.4, 0.5) is 0 Å². The quantitative estimate of drug-likeness (QED) is 0.364. The van der Waals surface area contributed by atoms with Crippen LogP contribution in [0.15, 0.2) is 18.2 Å². The molecule has 0 unspecified atom stereocenters. The summed E-state index contributed by atoms with van der Waals surface area (Å²) in [5, 5.41) is 0. The van der Waals surface area contributed by atoms with Crippen LogP contribution in [0.5, 0.6) is 0 Å². The fourth-order valence-corrected chi connectivity index (χ4v) is 9.63. The molecule has 1 rings (SSSR count). The van der Waals surface area contributed by atoms with Gasteiger partial charge in [-0.2, -0.15) is 0 Å². The highest BCUT2D eigenvalue weighted by molar-refractivity contribution is 6.90. The molecule has 1 heteroatoms. The lowest BCUT2D eigenvalue weighted by atomic mass is 9.95. The van der Waals surface area contributed by atoms with Gasteiger partial charge in [0, 0.05) is 5.56 Å². The summed E-state index contributed by atoms with van der Waals surface area (Å²) in [5.74, 6) is 3.69. The van der Waals surface area contributed by atoms with Crippen molar-refractivity contribution in [3.05, 3.63) is 34.9 Å². The summed E-state index contributed by atoms with van der Waals surface area (Å²) in [6, 6.07) is 6.76. The summed E-state index contributed by atoms with van der Waals surface area (Å²) in [5.41, 5.74) is 10.3. The predicted octanol–water partition coefficient (Wildman–Crippen LogP) is 7.16. The van der Waals surface area contributed by atoms with Gasteiger partial charge in [0.15, 0.2) is 0 Å². The third-order valence-electron chi connectivity index (χ3n) is 5.57. The predicted molar refractivity (Wildman–Crippen MR) is 112 cm³/mol. The number of hydrogen-bond acceptors (Lipinski definition) is 0. The van der Waals surface area contributed by atoms with E-state index in [9.17, 15) is 0 Å². The standard InChI is InChI=1S/C23H38Si/c1-9-12-21-14-11-15-22(23(21)13-10-2)16-17-24(18(3)4,19(5)6)20(7)8/h11,14-15,18-20H,9-10,12-13H2,1-8H3. The molecule has 0 N–H and O–H groups in total. The zero-order valence-corrected chi connectivity index (χ0v) is 18.3. The van der Waals surface area contributed by atoms with Crippen LogP contribution in [0.2, 0.25) is 16.6 Å². The lowest BCUT2D eigenvalue weighted by Gasteiger charge is -2.38. The molecule has 134 valence electrons. The van der Waals surface area contributed by atoms with Gasteiger partial charge in [-0.05, 0) is 46.7 Å². The third-order valence-corrected chi connectivity index (χ3v) is 11.9. The molecule has 0 saturated heterocycles. The largest absolute Gasteiger partial charge is 0.146 e. The Balaban J connectivity index is 3.43. The van der Waals surface area contributed by atoms with E-state index in [1.54, 1.807) is 0 Å². The van der Waals surface area contributed by atoms with Gasteiger partial charge in [-0.3, -0.25) is 0 Å². The monoisotopic (exact) mass is 342 g/mol. The van der Waals surface area contributed by atoms with Gasteiger partial charge >= 0.3 is 0 Å². The van der Waals surface area contributed by atoms with Gasteiger partial charge in [-0.1, -0.05) is 86.3 Å². The van der Waals surface area contributed by atoms with Crippen LogP contribution in [0.3, 0.4) is 0 Å². The molecule has 0 aliphatic heterocycles. The summed E-state index contributed by atoms with van der Waals surface area (Å²) < 4.78 is 0. The molecule has 0 aromatic heterocycles. The van der Waals surface area contributed by atoms with E-state index in [1.807, 2.05) is 0 Å². The zero-order valence-electron chi connectivity index (χ0n) is 17.3. The van der Waals surface area contributed by atoms with Crippen molar-refractivity contribution in [1.82, 2.24) is 0 Å². The first-order valence-corrected chi connectivity index (χ1v) is 12.2. The Kier molecular flexibility index (Phi) is 8.30. The Morgan fingerprint density at radius 3 is 1.83 bits per heavy atom. The minimum atomic E-state index is -1.65. The van der Waals surface area contributed by atoms with Gasteiger partial charge in [0.25, 0.3) is 0 Å². The fraction of sp³-hybridized carbons (Fsp3) is 0.652. The summed E-state index contributed by atoms with van der Waals surface area (Å²) in [6.07, 6.45) is 4.72. The van der Waals surface area contributed by atoms with E-state index in [2.05, 4.69) is 85.1 Å². The molecule has 0 aliphatic carbocycles. The average molecular weight is 343 g/mol. The maximum atomic E-state index is 3.90. The van der Waals surface area contributed by atoms with Gasteiger partial charge in [-0.25, -0.2) is 0 Å². The van der Waals surface area contributed by atoms with Crippen LogP contribution >= 0.6 is 0 Å². The summed E-state index contributed by atoms with van der Waals surface area (Å²) in [6.45, 7) is 18.9. The van der Waals surface area contributed by atoms with E-state index in [1.165, 1.54) is 36.0 Å². The van der Waals surface area contributed by atoms with Crippen LogP contribution in [0, 0.1) is 11.5 Å². The van der Waals surface area contributed by atoms with Crippen molar-refractivity contribution >= 4 is 8.07 Å². The molecule has 1 aromatic carbocycles. The number of rotatable bonds is 7. The first kappa shape index (κ1) is 21.0. The van der Waals surface area contributed by atoms with Crippen molar-refractivity contribution < 1.29 is 0 Å². The van der Waals surface area contributed by atoms with E-state index in [0.717, 1.165) is 6.42 Å². The van der Waals surface area contributed by atoms with Crippen LogP contribution < -0.4 is 0 Å². The molecule has 0 nitrogen and oxygen atoms in total. The van der Waals surface area contributed by atoms with Crippen molar-refractivity contribution in [2.24, 2.45) is 0 Å². The zero-order chi connectivity index (χ0) is 18.3. The number of aryl methyl sites for hydroxylation is 1. The Morgan fingerprint density at radius 2 is 1.38 bits per heavy atom. The molecule has 0 bridgehead atoms. The molecular weight excluding hydrogens is 304 g/mol. The minimum absolute atomic E-state index is 0.693. The van der Waals surface area contributed by atoms with Gasteiger partial charge in [-0.15, -0.1) is 5.54 Å². The molecule has 0 heterocycles. The normalized spacial score (nSPS) is 12.0. The lowest BCUT2D eigenvalue weighted by molar-refractivity contribution is 0.838. The first-order valence-electron chi connectivity index (χ1n) is 9.95. The Bertz CT molecular complexity index is 548. The van der Waals surface area contributed by atoms with Crippen molar-refractivity contribution in [2.75, 3.05) is 0 Å². The second-order valence-corrected chi connectivity index (χ2v) is 13.7. The van der Waals surface area contributed by atoms with Crippen LogP contribution in [-0.4, -0.2) is 8.07 Å². The SMILES string of the molecule is CCCc1cccc(C#C[Si](C(C)C)(C(C)C)C(C)C)c1CCC. The summed E-state index contributed by atoms with van der Waals surface area (Å²) in [4.78, 5) is 0. The van der Waals surface area contributed by atoms with Crippen molar-refractivity contribution in [3.8, 4) is 11.5 Å². The second kappa shape index (κ2) is 9.47. The van der Waals surface area contributed by atoms with E-state index in [0.29, 0.717) is 16.6 Å². The molecule has 0 spiro atoms. The maximum absolute atomic E-state index is 3.90. The van der Waals surface area contributed by atoms with Crippen molar-refractivity contribution in [1.29, 1.82) is 0 Å². The summed E-state index contributed by atoms with van der Waals surface area (Å²) >= 11 is 0. The highest BCUT2D eigenvalue weighted by Crippen LogP contribution is 2.40. The number of benzene rings is 1. The van der Waals surface area contributed by atoms with E-state index < -0.39 is 8.07 Å². The van der Waals surface area contributed by atoms with E-state index >= 15 is 0 Å². The van der Waals surface area contributed by atoms with Gasteiger partial charge in [0.1, 0.15) is 8.07 Å². The Hall–Kier alpha value is -1.00. The molecular formula is C23H38Si. The molecule has 0 amide bonds. The summed E-state index contributed by atoms with van der Waals surface area (Å²) in [7, 11) is -1.65. The fourth-order valence-electron chi connectivity index (χ4n) is 4.41. The van der Waals surface area contributed by atoms with E-state index in [-0.39, 0.29) is 0 Å².